The Kier molecular flexibility index (Phi) is 9.61. The summed E-state index contributed by atoms with van der Waals surface area (Å²) < 4.78 is 49.5. The predicted octanol–water partition coefficient (Wildman–Crippen LogP) is 8.40. The van der Waals surface area contributed by atoms with Crippen molar-refractivity contribution in [2.45, 2.75) is 50.3 Å². The highest BCUT2D eigenvalue weighted by atomic mass is 32.2. The smallest absolute Gasteiger partial charge is 0.178 e. The highest BCUT2D eigenvalue weighted by molar-refractivity contribution is 7.91. The number of benzene rings is 4. The van der Waals surface area contributed by atoms with Gasteiger partial charge in [-0.15, -0.1) is 10.2 Å². The molecular weight excluding hydrogens is 587 g/mol. The van der Waals surface area contributed by atoms with E-state index in [1.165, 1.54) is 12.1 Å². The second kappa shape index (κ2) is 13.0. The second-order valence-electron chi connectivity index (χ2n) is 10.2. The van der Waals surface area contributed by atoms with Crippen LogP contribution in [0, 0.1) is 13.8 Å². The molecule has 4 rings (SSSR count). The quantitative estimate of drug-likeness (QED) is 0.161. The first kappa shape index (κ1) is 31.8. The van der Waals surface area contributed by atoms with Gasteiger partial charge in [0.1, 0.15) is 11.4 Å². The molecule has 0 aromatic heterocycles. The Labute approximate surface area is 252 Å². The molecule has 12 heteroatoms. The summed E-state index contributed by atoms with van der Waals surface area (Å²) >= 11 is 0. The first-order valence-corrected chi connectivity index (χ1v) is 17.2. The van der Waals surface area contributed by atoms with Crippen molar-refractivity contribution in [2.75, 3.05) is 23.9 Å². The molecule has 0 aliphatic heterocycles. The Balaban J connectivity index is 1.70. The lowest BCUT2D eigenvalue weighted by molar-refractivity contribution is 0.482. The average molecular weight is 622 g/mol. The summed E-state index contributed by atoms with van der Waals surface area (Å²) in [6, 6.07) is 16.3. The number of phenolic OH excluding ortho intramolecular Hbond substituents is 1. The van der Waals surface area contributed by atoms with E-state index in [-0.39, 0.29) is 32.7 Å². The highest BCUT2D eigenvalue weighted by Gasteiger charge is 2.17. The Hall–Kier alpha value is -4.16. The van der Waals surface area contributed by atoms with Gasteiger partial charge >= 0.3 is 0 Å². The van der Waals surface area contributed by atoms with Gasteiger partial charge < -0.3 is 10.4 Å². The van der Waals surface area contributed by atoms with Crippen molar-refractivity contribution in [1.29, 1.82) is 0 Å². The van der Waals surface area contributed by atoms with Crippen LogP contribution in [0.2, 0.25) is 0 Å². The van der Waals surface area contributed by atoms with Crippen molar-refractivity contribution < 1.29 is 21.9 Å². The van der Waals surface area contributed by atoms with E-state index in [0.717, 1.165) is 0 Å². The third kappa shape index (κ3) is 6.91. The molecule has 43 heavy (non-hydrogen) atoms. The van der Waals surface area contributed by atoms with E-state index in [9.17, 15) is 21.9 Å². The molecule has 4 aromatic carbocycles. The van der Waals surface area contributed by atoms with Crippen LogP contribution in [0.25, 0.3) is 10.8 Å². The monoisotopic (exact) mass is 621 g/mol. The highest BCUT2D eigenvalue weighted by Crippen LogP contribution is 2.45. The summed E-state index contributed by atoms with van der Waals surface area (Å²) in [6.07, 6.45) is 1.06. The SMILES string of the molecule is CCCS(=O)(=O)c1ccc(N=Nc2c(C)cc3c(N=Nc4ccc(S(=O)(=O)CCC)cc4C)c(NC)ccc3c2O)cc1. The summed E-state index contributed by atoms with van der Waals surface area (Å²) in [5.41, 5.74) is 3.73. The van der Waals surface area contributed by atoms with Crippen molar-refractivity contribution in [3.8, 4) is 5.75 Å². The molecule has 4 aromatic rings. The molecule has 0 amide bonds. The Morgan fingerprint density at radius 3 is 1.88 bits per heavy atom. The molecule has 2 N–H and O–H groups in total. The maximum absolute atomic E-state index is 12.5. The fraction of sp³-hybridized carbons (Fsp3) is 0.290. The van der Waals surface area contributed by atoms with Crippen LogP contribution >= 0.6 is 0 Å². The molecule has 10 nitrogen and oxygen atoms in total. The van der Waals surface area contributed by atoms with Crippen LogP contribution < -0.4 is 5.32 Å². The van der Waals surface area contributed by atoms with Gasteiger partial charge in [0.15, 0.2) is 25.4 Å². The zero-order chi connectivity index (χ0) is 31.4. The summed E-state index contributed by atoms with van der Waals surface area (Å²) in [4.78, 5) is 0.485. The molecule has 226 valence electrons. The zero-order valence-corrected chi connectivity index (χ0v) is 26.4. The topological polar surface area (TPSA) is 150 Å². The normalized spacial score (nSPS) is 12.5. The average Bonchev–Trinajstić information content (AvgIpc) is 2.96. The first-order valence-electron chi connectivity index (χ1n) is 13.9. The van der Waals surface area contributed by atoms with Crippen LogP contribution in [0.3, 0.4) is 0 Å². The van der Waals surface area contributed by atoms with E-state index in [4.69, 9.17) is 0 Å². The lowest BCUT2D eigenvalue weighted by atomic mass is 10.0. The summed E-state index contributed by atoms with van der Waals surface area (Å²) in [5.74, 6) is 0.0700. The lowest BCUT2D eigenvalue weighted by Gasteiger charge is -2.12. The second-order valence-corrected chi connectivity index (χ2v) is 14.4. The molecule has 0 spiro atoms. The fourth-order valence-electron chi connectivity index (χ4n) is 4.63. The minimum atomic E-state index is -3.35. The Morgan fingerprint density at radius 1 is 0.674 bits per heavy atom. The molecule has 0 atom stereocenters. The molecule has 0 aliphatic rings. The number of aryl methyl sites for hydroxylation is 2. The molecule has 0 unspecified atom stereocenters. The number of nitrogens with one attached hydrogen (secondary N) is 1. The van der Waals surface area contributed by atoms with Crippen molar-refractivity contribution in [3.63, 3.8) is 0 Å². The summed E-state index contributed by atoms with van der Waals surface area (Å²) in [5, 5.41) is 32.9. The number of phenols is 1. The number of azo groups is 2. The van der Waals surface area contributed by atoms with E-state index < -0.39 is 19.7 Å². The van der Waals surface area contributed by atoms with E-state index in [1.807, 2.05) is 19.9 Å². The zero-order valence-electron chi connectivity index (χ0n) is 24.8. The largest absolute Gasteiger partial charge is 0.505 e. The van der Waals surface area contributed by atoms with Gasteiger partial charge in [0.2, 0.25) is 0 Å². The molecule has 0 saturated heterocycles. The maximum Gasteiger partial charge on any atom is 0.178 e. The maximum atomic E-state index is 12.5. The van der Waals surface area contributed by atoms with Crippen LogP contribution in [0.15, 0.2) is 90.9 Å². The van der Waals surface area contributed by atoms with Crippen LogP contribution in [-0.2, 0) is 19.7 Å². The molecule has 0 bridgehead atoms. The van der Waals surface area contributed by atoms with Gasteiger partial charge in [0.25, 0.3) is 0 Å². The van der Waals surface area contributed by atoms with E-state index >= 15 is 0 Å². The summed E-state index contributed by atoms with van der Waals surface area (Å²) in [6.45, 7) is 7.21. The lowest BCUT2D eigenvalue weighted by Crippen LogP contribution is -2.05. The molecule has 0 fully saturated rings. The fourth-order valence-corrected chi connectivity index (χ4v) is 7.36. The molecule has 0 aliphatic carbocycles. The van der Waals surface area contributed by atoms with Gasteiger partial charge in [-0.3, -0.25) is 0 Å². The van der Waals surface area contributed by atoms with Crippen LogP contribution in [-0.4, -0.2) is 40.5 Å². The van der Waals surface area contributed by atoms with Gasteiger partial charge in [0, 0.05) is 17.8 Å². The number of aromatic hydroxyl groups is 1. The number of nitrogens with zero attached hydrogens (tertiary/aromatic N) is 4. The van der Waals surface area contributed by atoms with Gasteiger partial charge in [-0.2, -0.15) is 10.2 Å². The van der Waals surface area contributed by atoms with Gasteiger partial charge in [-0.25, -0.2) is 16.8 Å². The van der Waals surface area contributed by atoms with Gasteiger partial charge in [0.05, 0.1) is 38.4 Å². The van der Waals surface area contributed by atoms with Crippen LogP contribution in [0.5, 0.6) is 5.75 Å². The number of fused-ring (bicyclic) bond motifs is 1. The number of hydrogen-bond acceptors (Lipinski definition) is 10. The van der Waals surface area contributed by atoms with Crippen LogP contribution in [0.4, 0.5) is 28.4 Å². The van der Waals surface area contributed by atoms with Crippen molar-refractivity contribution in [1.82, 2.24) is 0 Å². The van der Waals surface area contributed by atoms with E-state index in [1.54, 1.807) is 63.4 Å². The first-order chi connectivity index (χ1) is 20.4. The third-order valence-corrected chi connectivity index (χ3v) is 10.7. The Morgan fingerprint density at radius 2 is 1.28 bits per heavy atom. The van der Waals surface area contributed by atoms with Crippen LogP contribution in [0.1, 0.15) is 37.8 Å². The Bertz CT molecular complexity index is 1940. The van der Waals surface area contributed by atoms with E-state index in [2.05, 4.69) is 25.8 Å². The third-order valence-electron chi connectivity index (χ3n) is 6.89. The molecule has 0 radical (unpaired) electrons. The number of rotatable bonds is 11. The number of hydrogen-bond donors (Lipinski definition) is 2. The van der Waals surface area contributed by atoms with Gasteiger partial charge in [-0.05, 0) is 98.5 Å². The summed E-state index contributed by atoms with van der Waals surface area (Å²) in [7, 11) is -4.93. The van der Waals surface area contributed by atoms with Gasteiger partial charge in [-0.1, -0.05) is 13.8 Å². The number of anilines is 1. The van der Waals surface area contributed by atoms with E-state index in [0.29, 0.717) is 57.5 Å². The molecular formula is C31H35N5O5S2. The van der Waals surface area contributed by atoms with Crippen molar-refractivity contribution in [2.24, 2.45) is 20.5 Å². The molecule has 0 saturated carbocycles. The number of sulfone groups is 2. The standard InChI is InChI=1S/C31H35N5O5S2/c1-6-16-42(38,39)23-10-8-22(9-11-23)33-35-29-21(4)19-26-25(31(29)37)13-15-28(32-5)30(26)36-34-27-14-12-24(18-20(27)3)43(40,41)17-7-2/h8-15,18-19,32,37H,6-7,16-17H2,1-5H3. The molecule has 0 heterocycles. The van der Waals surface area contributed by atoms with Crippen molar-refractivity contribution in [3.05, 3.63) is 71.8 Å². The minimum absolute atomic E-state index is 0.0735. The van der Waals surface area contributed by atoms with Crippen molar-refractivity contribution >= 4 is 58.9 Å². The predicted molar refractivity (Wildman–Crippen MR) is 171 cm³/mol. The minimum Gasteiger partial charge on any atom is -0.505 e.